The molecule has 9 heteroatoms. The molecule has 3 amide bonds. The largest absolute Gasteiger partial charge is 0.451 e. The second-order valence-electron chi connectivity index (χ2n) is 8.53. The van der Waals surface area contributed by atoms with Crippen LogP contribution in [0, 0.1) is 10.5 Å². The minimum atomic E-state index is -0.975. The van der Waals surface area contributed by atoms with Crippen molar-refractivity contribution in [2.45, 2.75) is 45.8 Å². The molecule has 0 aliphatic carbocycles. The van der Waals surface area contributed by atoms with Gasteiger partial charge in [0.05, 0.1) is 0 Å². The molecular formula is C24H26IN3O5. The molecule has 3 N–H and O–H groups in total. The van der Waals surface area contributed by atoms with Crippen LogP contribution in [0.2, 0.25) is 0 Å². The molecule has 0 radical (unpaired) electrons. The maximum atomic E-state index is 12.9. The van der Waals surface area contributed by atoms with Gasteiger partial charge in [0.1, 0.15) is 17.2 Å². The van der Waals surface area contributed by atoms with E-state index in [0.717, 1.165) is 14.5 Å². The van der Waals surface area contributed by atoms with Crippen molar-refractivity contribution in [3.63, 3.8) is 0 Å². The summed E-state index contributed by atoms with van der Waals surface area (Å²) in [7, 11) is 0. The van der Waals surface area contributed by atoms with E-state index in [0.29, 0.717) is 11.1 Å². The fourth-order valence-electron chi connectivity index (χ4n) is 3.17. The van der Waals surface area contributed by atoms with Crippen molar-refractivity contribution < 1.29 is 23.5 Å². The van der Waals surface area contributed by atoms with Crippen molar-refractivity contribution >= 4 is 51.5 Å². The molecule has 0 aliphatic rings. The van der Waals surface area contributed by atoms with Gasteiger partial charge in [0, 0.05) is 20.9 Å². The monoisotopic (exact) mass is 563 g/mol. The first kappa shape index (κ1) is 24.6. The summed E-state index contributed by atoms with van der Waals surface area (Å²) in [5.41, 5.74) is 6.12. The Morgan fingerprint density at radius 1 is 1.03 bits per heavy atom. The maximum absolute atomic E-state index is 12.9. The molecule has 0 aliphatic heterocycles. The molecule has 0 fully saturated rings. The molecular weight excluding hydrogens is 537 g/mol. The topological polar surface area (TPSA) is 110 Å². The van der Waals surface area contributed by atoms with Crippen LogP contribution in [0.4, 0.5) is 4.79 Å². The minimum Gasteiger partial charge on any atom is -0.451 e. The van der Waals surface area contributed by atoms with Gasteiger partial charge in [0.15, 0.2) is 5.76 Å². The van der Waals surface area contributed by atoms with Crippen molar-refractivity contribution in [3.05, 3.63) is 69.0 Å². The first-order chi connectivity index (χ1) is 15.5. The van der Waals surface area contributed by atoms with E-state index in [4.69, 9.17) is 9.15 Å². The molecule has 0 bridgehead atoms. The van der Waals surface area contributed by atoms with Gasteiger partial charge in [-0.2, -0.15) is 0 Å². The Kier molecular flexibility index (Phi) is 7.62. The van der Waals surface area contributed by atoms with E-state index in [2.05, 4.69) is 38.8 Å². The number of hydrogen-bond acceptors (Lipinski definition) is 5. The molecule has 0 spiro atoms. The quantitative estimate of drug-likeness (QED) is 0.318. The summed E-state index contributed by atoms with van der Waals surface area (Å²) in [6, 6.07) is 13.9. The van der Waals surface area contributed by atoms with Crippen LogP contribution in [-0.4, -0.2) is 29.6 Å². The van der Waals surface area contributed by atoms with Crippen LogP contribution in [0.3, 0.4) is 0 Å². The highest BCUT2D eigenvalue weighted by Gasteiger charge is 2.26. The number of hydrogen-bond donors (Lipinski definition) is 3. The lowest BCUT2D eigenvalue weighted by molar-refractivity contribution is -0.124. The molecule has 1 heterocycles. The maximum Gasteiger partial charge on any atom is 0.408 e. The first-order valence-electron chi connectivity index (χ1n) is 10.4. The van der Waals surface area contributed by atoms with Crippen LogP contribution in [0.5, 0.6) is 0 Å². The third-order valence-electron chi connectivity index (χ3n) is 4.71. The van der Waals surface area contributed by atoms with Crippen molar-refractivity contribution in [1.29, 1.82) is 0 Å². The molecule has 3 aromatic rings. The first-order valence-corrected chi connectivity index (χ1v) is 11.4. The molecule has 33 heavy (non-hydrogen) atoms. The van der Waals surface area contributed by atoms with E-state index in [1.165, 1.54) is 0 Å². The number of alkyl carbamates (subject to hydrolysis) is 1. The number of aryl methyl sites for hydroxylation is 1. The van der Waals surface area contributed by atoms with Crippen LogP contribution in [0.25, 0.3) is 11.0 Å². The molecule has 3 rings (SSSR count). The Balaban J connectivity index is 1.71. The lowest BCUT2D eigenvalue weighted by Gasteiger charge is -2.23. The van der Waals surface area contributed by atoms with Gasteiger partial charge < -0.3 is 14.5 Å². The van der Waals surface area contributed by atoms with Gasteiger partial charge in [-0.25, -0.2) is 4.79 Å². The molecule has 0 unspecified atom stereocenters. The number of para-hydroxylation sites is 1. The second-order valence-corrected chi connectivity index (χ2v) is 9.77. The number of hydrazine groups is 1. The Labute approximate surface area is 205 Å². The number of benzene rings is 2. The van der Waals surface area contributed by atoms with E-state index in [-0.39, 0.29) is 12.2 Å². The lowest BCUT2D eigenvalue weighted by atomic mass is 10.1. The van der Waals surface area contributed by atoms with Crippen LogP contribution in [0.15, 0.2) is 52.9 Å². The van der Waals surface area contributed by atoms with Crippen molar-refractivity contribution in [2.75, 3.05) is 0 Å². The van der Waals surface area contributed by atoms with E-state index >= 15 is 0 Å². The van der Waals surface area contributed by atoms with E-state index in [9.17, 15) is 14.4 Å². The number of carbonyl (C=O) groups is 3. The van der Waals surface area contributed by atoms with E-state index < -0.39 is 29.6 Å². The Bertz CT molecular complexity index is 1170. The lowest BCUT2D eigenvalue weighted by Crippen LogP contribution is -2.53. The minimum absolute atomic E-state index is 0.103. The van der Waals surface area contributed by atoms with Crippen LogP contribution < -0.4 is 16.2 Å². The number of halogens is 1. The van der Waals surface area contributed by atoms with Gasteiger partial charge >= 0.3 is 12.0 Å². The molecule has 174 valence electrons. The van der Waals surface area contributed by atoms with Gasteiger partial charge in [0.2, 0.25) is 0 Å². The Morgan fingerprint density at radius 2 is 1.70 bits per heavy atom. The summed E-state index contributed by atoms with van der Waals surface area (Å²) < 4.78 is 12.0. The zero-order valence-corrected chi connectivity index (χ0v) is 21.0. The van der Waals surface area contributed by atoms with Gasteiger partial charge in [-0.15, -0.1) is 0 Å². The summed E-state index contributed by atoms with van der Waals surface area (Å²) in [6.45, 7) is 6.97. The number of amides is 3. The molecule has 0 saturated heterocycles. The normalized spacial score (nSPS) is 12.2. The fraction of sp³-hybridized carbons (Fsp3) is 0.292. The number of fused-ring (bicyclic) bond motifs is 1. The van der Waals surface area contributed by atoms with Crippen molar-refractivity contribution in [1.82, 2.24) is 16.2 Å². The predicted octanol–water partition coefficient (Wildman–Crippen LogP) is 4.24. The summed E-state index contributed by atoms with van der Waals surface area (Å²) >= 11 is 2.19. The Morgan fingerprint density at radius 3 is 2.33 bits per heavy atom. The summed E-state index contributed by atoms with van der Waals surface area (Å²) in [4.78, 5) is 37.8. The van der Waals surface area contributed by atoms with Gasteiger partial charge in [-0.1, -0.05) is 30.3 Å². The van der Waals surface area contributed by atoms with E-state index in [1.807, 2.05) is 42.5 Å². The number of rotatable bonds is 5. The standard InChI is InChI=1S/C24H26IN3O5/c1-14-17-7-5-6-8-19(17)32-20(14)22(30)28-27-21(29)18(26-23(31)33-24(2,3)4)13-15-9-11-16(25)12-10-15/h5-12,18H,13H2,1-4H3,(H,26,31)(H,27,29)(H,28,30)/t18-/m0/s1. The number of nitrogens with one attached hydrogen (secondary N) is 3. The van der Waals surface area contributed by atoms with Crippen molar-refractivity contribution in [2.24, 2.45) is 0 Å². The number of furan rings is 1. The highest BCUT2D eigenvalue weighted by molar-refractivity contribution is 14.1. The van der Waals surface area contributed by atoms with Gasteiger partial charge in [-0.3, -0.25) is 20.4 Å². The smallest absolute Gasteiger partial charge is 0.408 e. The molecule has 1 aromatic heterocycles. The van der Waals surface area contributed by atoms with Crippen LogP contribution in [0.1, 0.15) is 42.5 Å². The Hall–Kier alpha value is -3.08. The fourth-order valence-corrected chi connectivity index (χ4v) is 3.53. The second kappa shape index (κ2) is 10.2. The molecule has 1 atom stereocenters. The molecule has 8 nitrogen and oxygen atoms in total. The average molecular weight is 563 g/mol. The third kappa shape index (κ3) is 6.70. The zero-order chi connectivity index (χ0) is 24.2. The predicted molar refractivity (Wildman–Crippen MR) is 133 cm³/mol. The van der Waals surface area contributed by atoms with Crippen molar-refractivity contribution in [3.8, 4) is 0 Å². The molecule has 2 aromatic carbocycles. The SMILES string of the molecule is Cc1c(C(=O)NNC(=O)[C@H](Cc2ccc(I)cc2)NC(=O)OC(C)(C)C)oc2ccccc12. The highest BCUT2D eigenvalue weighted by atomic mass is 127. The summed E-state index contributed by atoms with van der Waals surface area (Å²) in [5, 5.41) is 3.40. The third-order valence-corrected chi connectivity index (χ3v) is 5.43. The highest BCUT2D eigenvalue weighted by Crippen LogP contribution is 2.24. The van der Waals surface area contributed by atoms with Gasteiger partial charge in [0.25, 0.3) is 5.91 Å². The molecule has 0 saturated carbocycles. The number of carbonyl (C=O) groups excluding carboxylic acids is 3. The number of ether oxygens (including phenoxy) is 1. The van der Waals surface area contributed by atoms with E-state index in [1.54, 1.807) is 33.8 Å². The average Bonchev–Trinajstić information content (AvgIpc) is 3.08. The van der Waals surface area contributed by atoms with Crippen LogP contribution in [-0.2, 0) is 16.0 Å². The zero-order valence-electron chi connectivity index (χ0n) is 18.8. The van der Waals surface area contributed by atoms with Crippen LogP contribution >= 0.6 is 22.6 Å². The summed E-state index contributed by atoms with van der Waals surface area (Å²) in [5.74, 6) is -1.09. The summed E-state index contributed by atoms with van der Waals surface area (Å²) in [6.07, 6.45) is -0.519. The van der Waals surface area contributed by atoms with Gasteiger partial charge in [-0.05, 0) is 74.0 Å².